The van der Waals surface area contributed by atoms with Crippen molar-refractivity contribution in [2.75, 3.05) is 13.7 Å². The number of ether oxygens (including phenoxy) is 1. The van der Waals surface area contributed by atoms with Crippen molar-refractivity contribution < 1.29 is 19.1 Å². The lowest BCUT2D eigenvalue weighted by Gasteiger charge is -2.34. The zero-order valence-corrected chi connectivity index (χ0v) is 24.4. The van der Waals surface area contributed by atoms with Gasteiger partial charge in [-0.2, -0.15) is 5.26 Å². The molecule has 8 nitrogen and oxygen atoms in total. The molecule has 1 aliphatic heterocycles. The number of rotatable bonds is 6. The number of carbonyl (C=O) groups excluding carboxylic acids is 3. The van der Waals surface area contributed by atoms with E-state index < -0.39 is 12.1 Å². The number of methoxy groups -OCH3 is 1. The number of Topliss-reactive ketones (excluding diaryl/α,β-unsaturated/α-hetero) is 1. The smallest absolute Gasteiger partial charge is 0.271 e. The summed E-state index contributed by atoms with van der Waals surface area (Å²) in [4.78, 5) is 45.3. The second kappa shape index (κ2) is 11.1. The number of hydrogen-bond acceptors (Lipinski definition) is 5. The molecule has 1 aromatic carbocycles. The fraction of sp³-hybridized carbons (Fsp3) is 0.613. The average Bonchev–Trinajstić information content (AvgIpc) is 3.53. The number of benzene rings is 1. The molecule has 214 valence electrons. The van der Waals surface area contributed by atoms with Gasteiger partial charge >= 0.3 is 0 Å². The molecule has 3 atom stereocenters. The molecule has 1 spiro atoms. The predicted octanol–water partition coefficient (Wildman–Crippen LogP) is 5.79. The summed E-state index contributed by atoms with van der Waals surface area (Å²) >= 11 is 6.41. The van der Waals surface area contributed by atoms with Crippen LogP contribution < -0.4 is 10.1 Å². The van der Waals surface area contributed by atoms with Gasteiger partial charge in [-0.05, 0) is 67.6 Å². The van der Waals surface area contributed by atoms with Gasteiger partial charge in [-0.15, -0.1) is 0 Å². The van der Waals surface area contributed by atoms with Crippen LogP contribution >= 0.6 is 11.6 Å². The van der Waals surface area contributed by atoms with Gasteiger partial charge in [0.05, 0.1) is 23.7 Å². The van der Waals surface area contributed by atoms with Gasteiger partial charge < -0.3 is 19.9 Å². The van der Waals surface area contributed by atoms with Crippen molar-refractivity contribution in [1.82, 2.24) is 15.2 Å². The first-order chi connectivity index (χ1) is 19.0. The van der Waals surface area contributed by atoms with E-state index in [1.807, 2.05) is 0 Å². The predicted molar refractivity (Wildman–Crippen MR) is 153 cm³/mol. The fourth-order valence-electron chi connectivity index (χ4n) is 7.15. The standard InChI is InChI=1S/C31H39ClN4O4/c1-30(2)12-9-19(25(37)16-30)13-20(17-33)34-28(38)24-15-31(10-5-4-6-11-31)18-36(24)29(39)23-14-21-26(40-3)8-7-22(32)27(21)35-23/h7-8,14,19-20,24,35H,4-6,9-13,15-16,18H2,1-3H3,(H,34,38). The van der Waals surface area contributed by atoms with E-state index in [2.05, 4.69) is 30.2 Å². The lowest BCUT2D eigenvalue weighted by Crippen LogP contribution is -2.49. The molecule has 3 fully saturated rings. The van der Waals surface area contributed by atoms with Crippen LogP contribution in [-0.4, -0.2) is 53.2 Å². The van der Waals surface area contributed by atoms with Gasteiger partial charge in [0, 0.05) is 24.3 Å². The van der Waals surface area contributed by atoms with Crippen LogP contribution in [0.1, 0.15) is 88.5 Å². The minimum Gasteiger partial charge on any atom is -0.496 e. The Labute approximate surface area is 240 Å². The van der Waals surface area contributed by atoms with E-state index in [0.717, 1.165) is 44.9 Å². The average molecular weight is 567 g/mol. The molecule has 0 bridgehead atoms. The SMILES string of the molecule is COc1ccc(Cl)c2[nH]c(C(=O)N3CC4(CCCCC4)CC3C(=O)NC(C#N)CC3CCC(C)(C)CC3=O)cc12. The number of nitriles is 1. The number of aromatic amines is 1. The molecule has 2 aromatic rings. The van der Waals surface area contributed by atoms with Crippen molar-refractivity contribution in [3.8, 4) is 11.8 Å². The van der Waals surface area contributed by atoms with Crippen LogP contribution in [0.3, 0.4) is 0 Å². The summed E-state index contributed by atoms with van der Waals surface area (Å²) in [6.45, 7) is 4.68. The van der Waals surface area contributed by atoms with Crippen LogP contribution in [0.25, 0.3) is 10.9 Å². The number of amides is 2. The third kappa shape index (κ3) is 5.58. The zero-order chi connectivity index (χ0) is 28.7. The van der Waals surface area contributed by atoms with Crippen molar-refractivity contribution in [2.24, 2.45) is 16.7 Å². The highest BCUT2D eigenvalue weighted by Gasteiger charge is 2.49. The van der Waals surface area contributed by atoms with Crippen LogP contribution in [0.15, 0.2) is 18.2 Å². The summed E-state index contributed by atoms with van der Waals surface area (Å²) in [5, 5.41) is 14.0. The summed E-state index contributed by atoms with van der Waals surface area (Å²) in [6, 6.07) is 5.95. The van der Waals surface area contributed by atoms with Gasteiger partial charge in [0.1, 0.15) is 29.3 Å². The maximum Gasteiger partial charge on any atom is 0.271 e. The Hall–Kier alpha value is -3.05. The van der Waals surface area contributed by atoms with Crippen LogP contribution in [0.5, 0.6) is 5.75 Å². The van der Waals surface area contributed by atoms with Crippen molar-refractivity contribution in [2.45, 2.75) is 90.1 Å². The molecule has 5 rings (SSSR count). The number of fused-ring (bicyclic) bond motifs is 1. The van der Waals surface area contributed by atoms with Crippen molar-refractivity contribution in [3.63, 3.8) is 0 Å². The Morgan fingerprint density at radius 1 is 1.25 bits per heavy atom. The second-order valence-electron chi connectivity index (χ2n) is 12.9. The highest BCUT2D eigenvalue weighted by atomic mass is 35.5. The Bertz CT molecular complexity index is 1350. The first-order valence-electron chi connectivity index (χ1n) is 14.4. The van der Waals surface area contributed by atoms with Crippen molar-refractivity contribution in [3.05, 3.63) is 28.9 Å². The molecule has 1 saturated heterocycles. The normalized spacial score (nSPS) is 24.6. The molecule has 2 N–H and O–H groups in total. The highest BCUT2D eigenvalue weighted by Crippen LogP contribution is 2.47. The third-order valence-corrected chi connectivity index (χ3v) is 9.72. The van der Waals surface area contributed by atoms with Gasteiger partial charge in [0.25, 0.3) is 5.91 Å². The Morgan fingerprint density at radius 3 is 2.67 bits per heavy atom. The number of nitrogens with zero attached hydrogens (tertiary/aromatic N) is 2. The summed E-state index contributed by atoms with van der Waals surface area (Å²) < 4.78 is 5.47. The van der Waals surface area contributed by atoms with E-state index in [1.54, 1.807) is 30.2 Å². The number of aromatic nitrogens is 1. The lowest BCUT2D eigenvalue weighted by molar-refractivity contribution is -0.129. The van der Waals surface area contributed by atoms with E-state index in [4.69, 9.17) is 16.3 Å². The number of carbonyl (C=O) groups is 3. The highest BCUT2D eigenvalue weighted by molar-refractivity contribution is 6.35. The molecule has 3 unspecified atom stereocenters. The van der Waals surface area contributed by atoms with E-state index in [1.165, 1.54) is 0 Å². The van der Waals surface area contributed by atoms with Crippen LogP contribution in [0, 0.1) is 28.1 Å². The molecule has 0 radical (unpaired) electrons. The van der Waals surface area contributed by atoms with Crippen LogP contribution in [0.2, 0.25) is 5.02 Å². The molecule has 9 heteroatoms. The number of nitrogens with one attached hydrogen (secondary N) is 2. The largest absolute Gasteiger partial charge is 0.496 e. The Kier molecular flexibility index (Phi) is 7.89. The lowest BCUT2D eigenvalue weighted by atomic mass is 9.71. The van der Waals surface area contributed by atoms with Gasteiger partial charge in [-0.3, -0.25) is 14.4 Å². The first kappa shape index (κ1) is 28.5. The molecule has 40 heavy (non-hydrogen) atoms. The summed E-state index contributed by atoms with van der Waals surface area (Å²) in [6.07, 6.45) is 8.29. The van der Waals surface area contributed by atoms with Gasteiger partial charge in [-0.25, -0.2) is 0 Å². The summed E-state index contributed by atoms with van der Waals surface area (Å²) in [5.41, 5.74) is 0.834. The molecule has 2 heterocycles. The van der Waals surface area contributed by atoms with Gasteiger partial charge in [0.2, 0.25) is 5.91 Å². The van der Waals surface area contributed by atoms with E-state index in [9.17, 15) is 19.6 Å². The minimum atomic E-state index is -0.779. The van der Waals surface area contributed by atoms with Crippen molar-refractivity contribution >= 4 is 40.1 Å². The molecule has 2 aliphatic carbocycles. The molecule has 2 amide bonds. The van der Waals surface area contributed by atoms with E-state index >= 15 is 0 Å². The number of ketones is 1. The van der Waals surface area contributed by atoms with Crippen LogP contribution in [0.4, 0.5) is 0 Å². The Balaban J connectivity index is 1.37. The number of likely N-dealkylation sites (tertiary alicyclic amines) is 1. The zero-order valence-electron chi connectivity index (χ0n) is 23.6. The first-order valence-corrected chi connectivity index (χ1v) is 14.8. The fourth-order valence-corrected chi connectivity index (χ4v) is 7.36. The van der Waals surface area contributed by atoms with Gasteiger partial charge in [0.15, 0.2) is 0 Å². The van der Waals surface area contributed by atoms with Crippen LogP contribution in [-0.2, 0) is 9.59 Å². The molecular weight excluding hydrogens is 528 g/mol. The topological polar surface area (TPSA) is 115 Å². The molecule has 1 aromatic heterocycles. The Morgan fingerprint density at radius 2 is 2.00 bits per heavy atom. The van der Waals surface area contributed by atoms with E-state index in [-0.39, 0.29) is 34.3 Å². The minimum absolute atomic E-state index is 0.0190. The van der Waals surface area contributed by atoms with Gasteiger partial charge in [-0.1, -0.05) is 44.7 Å². The molecule has 2 saturated carbocycles. The maximum atomic E-state index is 14.0. The summed E-state index contributed by atoms with van der Waals surface area (Å²) in [7, 11) is 1.57. The second-order valence-corrected chi connectivity index (χ2v) is 13.3. The number of halogens is 1. The monoisotopic (exact) mass is 566 g/mol. The quantitative estimate of drug-likeness (QED) is 0.459. The third-order valence-electron chi connectivity index (χ3n) is 9.41. The maximum absolute atomic E-state index is 14.0. The number of H-pyrrole nitrogens is 1. The van der Waals surface area contributed by atoms with Crippen molar-refractivity contribution in [1.29, 1.82) is 5.26 Å². The summed E-state index contributed by atoms with van der Waals surface area (Å²) in [5.74, 6) is -0.0491. The molecular formula is C31H39ClN4O4. The van der Waals surface area contributed by atoms with E-state index in [0.29, 0.717) is 53.2 Å². The number of hydrogen-bond donors (Lipinski definition) is 2. The molecule has 3 aliphatic rings.